The monoisotopic (exact) mass is 420 g/mol. The second-order valence-corrected chi connectivity index (χ2v) is 9.22. The molecule has 0 spiro atoms. The second kappa shape index (κ2) is 10.5. The fourth-order valence-corrected chi connectivity index (χ4v) is 4.68. The number of fused-ring (bicyclic) bond motifs is 1. The van der Waals surface area contributed by atoms with Gasteiger partial charge in [0.05, 0.1) is 6.61 Å². The van der Waals surface area contributed by atoms with Crippen LogP contribution in [-0.4, -0.2) is 11.9 Å². The Morgan fingerprint density at radius 1 is 1.27 bits per heavy atom. The maximum absolute atomic E-state index is 6.27. The lowest BCUT2D eigenvalue weighted by molar-refractivity contribution is 0.297. The molecular weight excluding hydrogens is 384 g/mol. The van der Waals surface area contributed by atoms with Crippen molar-refractivity contribution in [2.24, 2.45) is 5.92 Å². The van der Waals surface area contributed by atoms with Gasteiger partial charge in [-0.2, -0.15) is 0 Å². The van der Waals surface area contributed by atoms with Gasteiger partial charge in [-0.15, -0.1) is 0 Å². The van der Waals surface area contributed by atoms with Crippen LogP contribution in [0.5, 0.6) is 5.75 Å². The molecule has 0 heterocycles. The zero-order valence-electron chi connectivity index (χ0n) is 17.4. The average Bonchev–Trinajstić information content (AvgIpc) is 2.58. The Morgan fingerprint density at radius 3 is 2.73 bits per heavy atom. The lowest BCUT2D eigenvalue weighted by Gasteiger charge is -2.35. The van der Waals surface area contributed by atoms with E-state index in [0.717, 1.165) is 30.0 Å². The first-order valence-electron chi connectivity index (χ1n) is 10.4. The topological polar surface area (TPSA) is 9.23 Å². The highest BCUT2D eigenvalue weighted by Crippen LogP contribution is 2.47. The van der Waals surface area contributed by atoms with E-state index in [2.05, 4.69) is 68.8 Å². The molecule has 3 atom stereocenters. The first-order valence-corrected chi connectivity index (χ1v) is 11.5. The number of halogens is 1. The van der Waals surface area contributed by atoms with Crippen LogP contribution in [0, 0.1) is 12.8 Å². The Hall–Kier alpha value is -0.760. The summed E-state index contributed by atoms with van der Waals surface area (Å²) in [7, 11) is 0. The number of unbranched alkanes of at least 4 members (excludes halogenated alkanes) is 1. The first-order chi connectivity index (χ1) is 12.4. The summed E-state index contributed by atoms with van der Waals surface area (Å²) < 4.78 is 6.27. The molecule has 146 valence electrons. The maximum Gasteiger partial charge on any atom is 0.123 e. The normalized spacial score (nSPS) is 20.4. The third-order valence-electron chi connectivity index (χ3n) is 5.77. The van der Waals surface area contributed by atoms with Crippen LogP contribution >= 0.6 is 15.9 Å². The van der Waals surface area contributed by atoms with Crippen LogP contribution in [0.25, 0.3) is 0 Å². The predicted octanol–water partition coefficient (Wildman–Crippen LogP) is 7.91. The van der Waals surface area contributed by atoms with Gasteiger partial charge in [0.1, 0.15) is 5.75 Å². The van der Waals surface area contributed by atoms with Gasteiger partial charge in [-0.1, -0.05) is 47.5 Å². The number of ether oxygens (including phenoxy) is 1. The van der Waals surface area contributed by atoms with Crippen LogP contribution in [0.2, 0.25) is 0 Å². The van der Waals surface area contributed by atoms with Crippen molar-refractivity contribution in [1.82, 2.24) is 0 Å². The van der Waals surface area contributed by atoms with Crippen molar-refractivity contribution >= 4 is 15.9 Å². The third-order valence-corrected chi connectivity index (χ3v) is 6.33. The van der Waals surface area contributed by atoms with Gasteiger partial charge in [0.2, 0.25) is 0 Å². The highest BCUT2D eigenvalue weighted by molar-refractivity contribution is 9.09. The van der Waals surface area contributed by atoms with Crippen molar-refractivity contribution in [3.8, 4) is 5.75 Å². The molecule has 0 N–H and O–H groups in total. The Bertz CT molecular complexity index is 600. The number of aryl methyl sites for hydroxylation is 1. The largest absolute Gasteiger partial charge is 0.493 e. The summed E-state index contributed by atoms with van der Waals surface area (Å²) in [6.45, 7) is 12.3. The van der Waals surface area contributed by atoms with Crippen LogP contribution in [-0.2, 0) is 0 Å². The minimum absolute atomic E-state index is 0.609. The van der Waals surface area contributed by atoms with E-state index in [-0.39, 0.29) is 0 Å². The van der Waals surface area contributed by atoms with E-state index >= 15 is 0 Å². The quantitative estimate of drug-likeness (QED) is 0.224. The molecule has 1 aliphatic rings. The van der Waals surface area contributed by atoms with Gasteiger partial charge in [-0.3, -0.25) is 0 Å². The van der Waals surface area contributed by atoms with E-state index < -0.39 is 0 Å². The summed E-state index contributed by atoms with van der Waals surface area (Å²) in [4.78, 5) is 0. The fraction of sp³-hybridized carbons (Fsp3) is 0.667. The lowest BCUT2D eigenvalue weighted by atomic mass is 9.71. The summed E-state index contributed by atoms with van der Waals surface area (Å²) in [5.74, 6) is 3.16. The number of allylic oxidation sites excluding steroid dienone is 2. The average molecular weight is 421 g/mol. The Labute approximate surface area is 169 Å². The minimum Gasteiger partial charge on any atom is -0.493 e. The van der Waals surface area contributed by atoms with Gasteiger partial charge in [-0.25, -0.2) is 0 Å². The van der Waals surface area contributed by atoms with Crippen molar-refractivity contribution in [1.29, 1.82) is 0 Å². The molecule has 0 fully saturated rings. The molecule has 0 saturated heterocycles. The lowest BCUT2D eigenvalue weighted by Crippen LogP contribution is -2.20. The molecular formula is C24H37BrO. The third kappa shape index (κ3) is 5.87. The van der Waals surface area contributed by atoms with Crippen molar-refractivity contribution < 1.29 is 4.74 Å². The van der Waals surface area contributed by atoms with E-state index in [4.69, 9.17) is 4.74 Å². The highest BCUT2D eigenvalue weighted by atomic mass is 79.9. The number of hydrogen-bond donors (Lipinski definition) is 0. The van der Waals surface area contributed by atoms with Gasteiger partial charge in [-0.05, 0) is 94.2 Å². The fourth-order valence-electron chi connectivity index (χ4n) is 4.28. The molecule has 0 aliphatic heterocycles. The number of rotatable bonds is 9. The van der Waals surface area contributed by atoms with E-state index in [1.54, 1.807) is 5.56 Å². The molecule has 2 rings (SSSR count). The molecule has 1 nitrogen and oxygen atoms in total. The van der Waals surface area contributed by atoms with Gasteiger partial charge in [0, 0.05) is 10.9 Å². The minimum atomic E-state index is 0.609. The van der Waals surface area contributed by atoms with E-state index in [1.165, 1.54) is 48.8 Å². The van der Waals surface area contributed by atoms with Gasteiger partial charge < -0.3 is 4.74 Å². The van der Waals surface area contributed by atoms with Crippen molar-refractivity contribution in [3.05, 3.63) is 40.5 Å². The van der Waals surface area contributed by atoms with E-state index in [1.807, 2.05) is 0 Å². The van der Waals surface area contributed by atoms with E-state index in [9.17, 15) is 0 Å². The van der Waals surface area contributed by atoms with Crippen molar-refractivity contribution in [2.45, 2.75) is 85.0 Å². The predicted molar refractivity (Wildman–Crippen MR) is 118 cm³/mol. The van der Waals surface area contributed by atoms with Crippen molar-refractivity contribution in [2.75, 3.05) is 11.9 Å². The molecule has 1 aromatic carbocycles. The molecule has 0 bridgehead atoms. The Kier molecular flexibility index (Phi) is 8.73. The summed E-state index contributed by atoms with van der Waals surface area (Å²) in [6, 6.07) is 4.71. The molecule has 1 unspecified atom stereocenters. The van der Waals surface area contributed by atoms with Crippen LogP contribution in [0.1, 0.15) is 94.7 Å². The number of benzene rings is 1. The van der Waals surface area contributed by atoms with Crippen LogP contribution in [0.15, 0.2) is 23.8 Å². The Morgan fingerprint density at radius 2 is 2.04 bits per heavy atom. The molecule has 0 radical (unpaired) electrons. The van der Waals surface area contributed by atoms with Crippen LogP contribution in [0.4, 0.5) is 0 Å². The molecule has 0 amide bonds. The van der Waals surface area contributed by atoms with Crippen LogP contribution in [0.3, 0.4) is 0 Å². The molecule has 1 aromatic rings. The van der Waals surface area contributed by atoms with Crippen molar-refractivity contribution in [3.63, 3.8) is 0 Å². The summed E-state index contributed by atoms with van der Waals surface area (Å²) in [5, 5.41) is 1.06. The number of hydrogen-bond acceptors (Lipinski definition) is 1. The standard InChI is InChI=1S/C24H37BrO/c1-17(2)9-8-10-19(4)21-12-11-20(5)24-22(21)15-18(3)16-23(24)26-14-7-6-13-25/h9,15-16,19-21H,6-8,10-14H2,1-5H3/t19-,20+,21?/m0/s1. The molecule has 2 heteroatoms. The zero-order valence-corrected chi connectivity index (χ0v) is 19.0. The summed E-state index contributed by atoms with van der Waals surface area (Å²) >= 11 is 3.51. The molecule has 0 saturated carbocycles. The molecule has 26 heavy (non-hydrogen) atoms. The van der Waals surface area contributed by atoms with Gasteiger partial charge in [0.25, 0.3) is 0 Å². The van der Waals surface area contributed by atoms with Crippen LogP contribution < -0.4 is 4.74 Å². The van der Waals surface area contributed by atoms with Gasteiger partial charge in [0.15, 0.2) is 0 Å². The second-order valence-electron chi connectivity index (χ2n) is 8.43. The number of alkyl halides is 1. The maximum atomic E-state index is 6.27. The highest BCUT2D eigenvalue weighted by Gasteiger charge is 2.31. The summed E-state index contributed by atoms with van der Waals surface area (Å²) in [6.07, 6.45) is 9.75. The Balaban J connectivity index is 2.21. The first kappa shape index (κ1) is 21.5. The smallest absolute Gasteiger partial charge is 0.123 e. The zero-order chi connectivity index (χ0) is 19.1. The van der Waals surface area contributed by atoms with E-state index in [0.29, 0.717) is 11.8 Å². The summed E-state index contributed by atoms with van der Waals surface area (Å²) in [5.41, 5.74) is 5.85. The SMILES string of the molecule is CC(C)=CCC[C@H](C)C1CC[C@@H](C)c2c(OCCCCBr)cc(C)cc21. The molecule has 1 aliphatic carbocycles. The van der Waals surface area contributed by atoms with Gasteiger partial charge >= 0.3 is 0 Å². The molecule has 0 aromatic heterocycles.